The third-order valence-electron chi connectivity index (χ3n) is 2.10. The number of nitrogens with two attached hydrogens (primary N) is 1. The SMILES string of the molecule is NC/C=C/c1c(F)cc2occc2c1F. The van der Waals surface area contributed by atoms with E-state index in [1.54, 1.807) is 0 Å². The molecular weight excluding hydrogens is 200 g/mol. The lowest BCUT2D eigenvalue weighted by atomic mass is 10.1. The average Bonchev–Trinajstić information content (AvgIpc) is 2.65. The summed E-state index contributed by atoms with van der Waals surface area (Å²) in [6, 6.07) is 2.62. The lowest BCUT2D eigenvalue weighted by Gasteiger charge is -2.00. The van der Waals surface area contributed by atoms with Gasteiger partial charge in [-0.05, 0) is 6.07 Å². The molecule has 2 rings (SSSR count). The van der Waals surface area contributed by atoms with Crippen LogP contribution in [0.5, 0.6) is 0 Å². The average molecular weight is 209 g/mol. The Morgan fingerprint density at radius 2 is 2.20 bits per heavy atom. The van der Waals surface area contributed by atoms with Crippen molar-refractivity contribution in [3.05, 3.63) is 41.7 Å². The molecule has 2 aromatic rings. The number of hydrogen-bond donors (Lipinski definition) is 1. The number of benzene rings is 1. The molecule has 0 unspecified atom stereocenters. The highest BCUT2D eigenvalue weighted by molar-refractivity contribution is 5.81. The molecule has 1 aromatic heterocycles. The molecule has 2 nitrogen and oxygen atoms in total. The molecule has 0 atom stereocenters. The summed E-state index contributed by atoms with van der Waals surface area (Å²) in [5.74, 6) is -1.27. The van der Waals surface area contributed by atoms with Gasteiger partial charge in [0.15, 0.2) is 0 Å². The zero-order valence-corrected chi connectivity index (χ0v) is 7.84. The van der Waals surface area contributed by atoms with Crippen LogP contribution in [0.25, 0.3) is 17.0 Å². The fourth-order valence-electron chi connectivity index (χ4n) is 1.40. The number of furan rings is 1. The van der Waals surface area contributed by atoms with Gasteiger partial charge >= 0.3 is 0 Å². The van der Waals surface area contributed by atoms with Crippen LogP contribution in [0.3, 0.4) is 0 Å². The minimum Gasteiger partial charge on any atom is -0.464 e. The lowest BCUT2D eigenvalue weighted by molar-refractivity contribution is 0.574. The van der Waals surface area contributed by atoms with Gasteiger partial charge in [-0.15, -0.1) is 0 Å². The Balaban J connectivity index is 2.67. The van der Waals surface area contributed by atoms with E-state index in [0.717, 1.165) is 6.07 Å². The highest BCUT2D eigenvalue weighted by Crippen LogP contribution is 2.25. The second kappa shape index (κ2) is 3.82. The minimum absolute atomic E-state index is 0.0886. The molecule has 0 aliphatic rings. The van der Waals surface area contributed by atoms with Crippen molar-refractivity contribution in [2.75, 3.05) is 6.54 Å². The number of fused-ring (bicyclic) bond motifs is 1. The Morgan fingerprint density at radius 3 is 2.93 bits per heavy atom. The van der Waals surface area contributed by atoms with Crippen molar-refractivity contribution in [1.82, 2.24) is 0 Å². The van der Waals surface area contributed by atoms with Crippen LogP contribution in [-0.2, 0) is 0 Å². The summed E-state index contributed by atoms with van der Waals surface area (Å²) in [5, 5.41) is 0.271. The number of halogens is 2. The summed E-state index contributed by atoms with van der Waals surface area (Å²) in [6.45, 7) is 0.238. The van der Waals surface area contributed by atoms with Crippen LogP contribution >= 0.6 is 0 Å². The van der Waals surface area contributed by atoms with E-state index in [4.69, 9.17) is 10.2 Å². The molecule has 78 valence electrons. The van der Waals surface area contributed by atoms with Gasteiger partial charge in [0.2, 0.25) is 0 Å². The van der Waals surface area contributed by atoms with Crippen LogP contribution in [0.15, 0.2) is 28.9 Å². The van der Waals surface area contributed by atoms with Crippen molar-refractivity contribution >= 4 is 17.0 Å². The summed E-state index contributed by atoms with van der Waals surface area (Å²) >= 11 is 0. The second-order valence-corrected chi connectivity index (χ2v) is 3.06. The minimum atomic E-state index is -0.653. The second-order valence-electron chi connectivity index (χ2n) is 3.06. The van der Waals surface area contributed by atoms with Gasteiger partial charge in [-0.2, -0.15) is 0 Å². The van der Waals surface area contributed by atoms with Gasteiger partial charge in [0.25, 0.3) is 0 Å². The maximum atomic E-state index is 13.7. The van der Waals surface area contributed by atoms with E-state index < -0.39 is 11.6 Å². The molecule has 4 heteroatoms. The molecular formula is C11H9F2NO. The van der Waals surface area contributed by atoms with Gasteiger partial charge < -0.3 is 10.2 Å². The van der Waals surface area contributed by atoms with E-state index in [0.29, 0.717) is 0 Å². The zero-order chi connectivity index (χ0) is 10.8. The van der Waals surface area contributed by atoms with Crippen LogP contribution in [0, 0.1) is 11.6 Å². The Labute approximate surface area is 85.0 Å². The van der Waals surface area contributed by atoms with E-state index in [2.05, 4.69) is 0 Å². The van der Waals surface area contributed by atoms with Crippen molar-refractivity contribution < 1.29 is 13.2 Å². The van der Waals surface area contributed by atoms with E-state index in [1.807, 2.05) is 0 Å². The van der Waals surface area contributed by atoms with Crippen LogP contribution in [0.2, 0.25) is 0 Å². The first-order valence-electron chi connectivity index (χ1n) is 4.46. The van der Waals surface area contributed by atoms with Gasteiger partial charge in [-0.25, -0.2) is 8.78 Å². The number of rotatable bonds is 2. The summed E-state index contributed by atoms with van der Waals surface area (Å²) in [7, 11) is 0. The molecule has 1 aromatic carbocycles. The smallest absolute Gasteiger partial charge is 0.144 e. The van der Waals surface area contributed by atoms with Crippen LogP contribution in [0.4, 0.5) is 8.78 Å². The number of hydrogen-bond acceptors (Lipinski definition) is 2. The van der Waals surface area contributed by atoms with Gasteiger partial charge in [-0.3, -0.25) is 0 Å². The molecule has 0 fully saturated rings. The van der Waals surface area contributed by atoms with Gasteiger partial charge in [0.05, 0.1) is 11.6 Å². The standard InChI is InChI=1S/C11H9F2NO/c12-9-6-10-8(3-5-15-10)11(13)7(9)2-1-4-14/h1-3,5-6H,4,14H2/b2-1+. The zero-order valence-electron chi connectivity index (χ0n) is 7.84. The fourth-order valence-corrected chi connectivity index (χ4v) is 1.40. The molecule has 0 bridgehead atoms. The Kier molecular flexibility index (Phi) is 2.51. The predicted octanol–water partition coefficient (Wildman–Crippen LogP) is 2.68. The van der Waals surface area contributed by atoms with E-state index in [-0.39, 0.29) is 23.1 Å². The summed E-state index contributed by atoms with van der Waals surface area (Å²) < 4.78 is 32.0. The first kappa shape index (κ1) is 9.86. The lowest BCUT2D eigenvalue weighted by Crippen LogP contribution is -1.94. The first-order valence-corrected chi connectivity index (χ1v) is 4.46. The van der Waals surface area contributed by atoms with Gasteiger partial charge in [0.1, 0.15) is 17.2 Å². The molecule has 0 amide bonds. The monoisotopic (exact) mass is 209 g/mol. The Hall–Kier alpha value is -1.68. The van der Waals surface area contributed by atoms with Gasteiger partial charge in [-0.1, -0.05) is 12.2 Å². The van der Waals surface area contributed by atoms with Crippen LogP contribution < -0.4 is 5.73 Å². The molecule has 0 saturated carbocycles. The third kappa shape index (κ3) is 1.64. The highest BCUT2D eigenvalue weighted by atomic mass is 19.1. The third-order valence-corrected chi connectivity index (χ3v) is 2.10. The van der Waals surface area contributed by atoms with Gasteiger partial charge in [0, 0.05) is 18.2 Å². The summed E-state index contributed by atoms with van der Waals surface area (Å²) in [6.07, 6.45) is 4.15. The molecule has 1 heterocycles. The molecule has 15 heavy (non-hydrogen) atoms. The maximum Gasteiger partial charge on any atom is 0.144 e. The summed E-state index contributed by atoms with van der Waals surface area (Å²) in [4.78, 5) is 0. The molecule has 2 N–H and O–H groups in total. The van der Waals surface area contributed by atoms with E-state index in [9.17, 15) is 8.78 Å². The molecule has 0 aliphatic carbocycles. The maximum absolute atomic E-state index is 13.7. The largest absolute Gasteiger partial charge is 0.464 e. The summed E-state index contributed by atoms with van der Waals surface area (Å²) in [5.41, 5.74) is 5.33. The fraction of sp³-hybridized carbons (Fsp3) is 0.0909. The first-order chi connectivity index (χ1) is 7.24. The highest BCUT2D eigenvalue weighted by Gasteiger charge is 2.12. The van der Waals surface area contributed by atoms with Crippen molar-refractivity contribution in [3.8, 4) is 0 Å². The van der Waals surface area contributed by atoms with Crippen LogP contribution in [-0.4, -0.2) is 6.54 Å². The Bertz CT molecular complexity index is 517. The van der Waals surface area contributed by atoms with E-state index in [1.165, 1.54) is 24.5 Å². The van der Waals surface area contributed by atoms with Crippen molar-refractivity contribution in [3.63, 3.8) is 0 Å². The normalized spacial score (nSPS) is 11.7. The molecule has 0 aliphatic heterocycles. The molecule has 0 radical (unpaired) electrons. The van der Waals surface area contributed by atoms with Crippen molar-refractivity contribution in [2.45, 2.75) is 0 Å². The molecule has 0 saturated heterocycles. The quantitative estimate of drug-likeness (QED) is 0.825. The van der Waals surface area contributed by atoms with Crippen molar-refractivity contribution in [1.29, 1.82) is 0 Å². The Morgan fingerprint density at radius 1 is 1.40 bits per heavy atom. The van der Waals surface area contributed by atoms with Crippen molar-refractivity contribution in [2.24, 2.45) is 5.73 Å². The topological polar surface area (TPSA) is 39.2 Å². The molecule has 0 spiro atoms. The predicted molar refractivity (Wildman–Crippen MR) is 54.2 cm³/mol. The van der Waals surface area contributed by atoms with E-state index >= 15 is 0 Å². The van der Waals surface area contributed by atoms with Crippen LogP contribution in [0.1, 0.15) is 5.56 Å².